The Labute approximate surface area is 179 Å². The van der Waals surface area contributed by atoms with E-state index in [4.69, 9.17) is 14.2 Å². The average molecular weight is 437 g/mol. The van der Waals surface area contributed by atoms with E-state index < -0.39 is 6.36 Å². The Morgan fingerprint density at radius 2 is 1.58 bits per heavy atom. The van der Waals surface area contributed by atoms with E-state index >= 15 is 0 Å². The number of hydrogen-bond donors (Lipinski definition) is 0. The lowest BCUT2D eigenvalue weighted by molar-refractivity contribution is -0.274. The van der Waals surface area contributed by atoms with Gasteiger partial charge in [-0.15, -0.1) is 13.2 Å². The van der Waals surface area contributed by atoms with Crippen molar-refractivity contribution < 1.29 is 32.1 Å². The molecule has 0 aromatic heterocycles. The summed E-state index contributed by atoms with van der Waals surface area (Å²) in [6.45, 7) is 4.76. The van der Waals surface area contributed by atoms with Crippen LogP contribution in [0.5, 0.6) is 11.5 Å². The largest absolute Gasteiger partial charge is 0.573 e. The molecule has 2 saturated heterocycles. The molecular weight excluding hydrogens is 411 g/mol. The summed E-state index contributed by atoms with van der Waals surface area (Å²) in [5.41, 5.74) is 1.97. The fourth-order valence-electron chi connectivity index (χ4n) is 3.62. The zero-order valence-electron chi connectivity index (χ0n) is 17.3. The first-order valence-corrected chi connectivity index (χ1v) is 10.5. The molecule has 168 valence electrons. The van der Waals surface area contributed by atoms with E-state index in [9.17, 15) is 13.2 Å². The molecule has 5 nitrogen and oxygen atoms in total. The van der Waals surface area contributed by atoms with Gasteiger partial charge in [0.1, 0.15) is 24.2 Å². The van der Waals surface area contributed by atoms with E-state index in [0.717, 1.165) is 42.9 Å². The monoisotopic (exact) mass is 437 g/mol. The van der Waals surface area contributed by atoms with Crippen molar-refractivity contribution in [2.75, 3.05) is 24.6 Å². The van der Waals surface area contributed by atoms with Gasteiger partial charge in [-0.2, -0.15) is 0 Å². The second kappa shape index (κ2) is 9.36. The lowest BCUT2D eigenvalue weighted by atomic mass is 10.1. The standard InChI is InChI=1S/C23H26F3NO4/c1-16-22(30-16)15-29-19-8-4-18(5-9-19)27-12-10-20(11-13-27)28-14-17-2-6-21(7-3-17)31-23(24,25)26/h2-9,16,20,22H,10-15H2,1H3/t16-,22-/m1/s1. The van der Waals surface area contributed by atoms with E-state index in [2.05, 4.69) is 21.8 Å². The maximum atomic E-state index is 12.2. The number of anilines is 1. The molecule has 4 rings (SSSR count). The summed E-state index contributed by atoms with van der Waals surface area (Å²) in [6.07, 6.45) is -2.25. The van der Waals surface area contributed by atoms with Gasteiger partial charge < -0.3 is 23.8 Å². The third kappa shape index (κ3) is 6.51. The van der Waals surface area contributed by atoms with Crippen LogP contribution in [0.25, 0.3) is 0 Å². The first-order chi connectivity index (χ1) is 14.9. The van der Waals surface area contributed by atoms with Crippen molar-refractivity contribution >= 4 is 5.69 Å². The Bertz CT molecular complexity index is 833. The number of alkyl halides is 3. The molecule has 2 aliphatic heterocycles. The van der Waals surface area contributed by atoms with E-state index in [1.165, 1.54) is 12.1 Å². The minimum atomic E-state index is -4.68. The SMILES string of the molecule is C[C@H]1O[C@@H]1COc1ccc(N2CCC(OCc3ccc(OC(F)(F)F)cc3)CC2)cc1. The highest BCUT2D eigenvalue weighted by Gasteiger charge is 2.34. The molecule has 0 spiro atoms. The van der Waals surface area contributed by atoms with Crippen LogP contribution in [-0.2, 0) is 16.1 Å². The smallest absolute Gasteiger partial charge is 0.491 e. The summed E-state index contributed by atoms with van der Waals surface area (Å²) >= 11 is 0. The third-order valence-corrected chi connectivity index (χ3v) is 5.54. The number of benzene rings is 2. The molecule has 0 aliphatic carbocycles. The Morgan fingerprint density at radius 1 is 0.968 bits per heavy atom. The van der Waals surface area contributed by atoms with Gasteiger partial charge in [-0.3, -0.25) is 0 Å². The normalized spacial score (nSPS) is 21.7. The van der Waals surface area contributed by atoms with E-state index in [-0.39, 0.29) is 18.0 Å². The number of epoxide rings is 1. The van der Waals surface area contributed by atoms with Gasteiger partial charge >= 0.3 is 6.36 Å². The first-order valence-electron chi connectivity index (χ1n) is 10.5. The first kappa shape index (κ1) is 21.8. The molecule has 0 unspecified atom stereocenters. The maximum Gasteiger partial charge on any atom is 0.573 e. The quantitative estimate of drug-likeness (QED) is 0.548. The van der Waals surface area contributed by atoms with Crippen LogP contribution in [0.4, 0.5) is 18.9 Å². The summed E-state index contributed by atoms with van der Waals surface area (Å²) in [5, 5.41) is 0. The molecule has 2 aliphatic rings. The molecule has 2 aromatic rings. The minimum Gasteiger partial charge on any atom is -0.491 e. The highest BCUT2D eigenvalue weighted by molar-refractivity contribution is 5.49. The van der Waals surface area contributed by atoms with Crippen molar-refractivity contribution in [3.8, 4) is 11.5 Å². The summed E-state index contributed by atoms with van der Waals surface area (Å²) in [6, 6.07) is 13.9. The molecule has 8 heteroatoms. The van der Waals surface area contributed by atoms with Crippen LogP contribution >= 0.6 is 0 Å². The summed E-state index contributed by atoms with van der Waals surface area (Å²) in [7, 11) is 0. The van der Waals surface area contributed by atoms with Crippen molar-refractivity contribution in [3.63, 3.8) is 0 Å². The minimum absolute atomic E-state index is 0.130. The Kier molecular flexibility index (Phi) is 6.57. The van der Waals surface area contributed by atoms with E-state index in [1.54, 1.807) is 12.1 Å². The van der Waals surface area contributed by atoms with Gasteiger partial charge in [-0.1, -0.05) is 12.1 Å². The number of piperidine rings is 1. The zero-order chi connectivity index (χ0) is 21.8. The van der Waals surface area contributed by atoms with Crippen LogP contribution in [0, 0.1) is 0 Å². The third-order valence-electron chi connectivity index (χ3n) is 5.54. The van der Waals surface area contributed by atoms with Crippen LogP contribution in [0.15, 0.2) is 48.5 Å². The lowest BCUT2D eigenvalue weighted by Crippen LogP contribution is -2.36. The van der Waals surface area contributed by atoms with Crippen LogP contribution < -0.4 is 14.4 Å². The van der Waals surface area contributed by atoms with Crippen LogP contribution in [0.3, 0.4) is 0 Å². The van der Waals surface area contributed by atoms with Crippen LogP contribution in [0.2, 0.25) is 0 Å². The molecule has 2 heterocycles. The predicted molar refractivity (Wildman–Crippen MR) is 109 cm³/mol. The lowest BCUT2D eigenvalue weighted by Gasteiger charge is -2.33. The van der Waals surface area contributed by atoms with Gasteiger partial charge in [-0.05, 0) is 61.7 Å². The van der Waals surface area contributed by atoms with E-state index in [0.29, 0.717) is 19.3 Å². The fraction of sp³-hybridized carbons (Fsp3) is 0.478. The van der Waals surface area contributed by atoms with Gasteiger partial charge in [0, 0.05) is 18.8 Å². The molecule has 2 aromatic carbocycles. The average Bonchev–Trinajstić information content (AvgIpc) is 3.46. The molecule has 31 heavy (non-hydrogen) atoms. The molecule has 0 saturated carbocycles. The van der Waals surface area contributed by atoms with Gasteiger partial charge in [-0.25, -0.2) is 0 Å². The molecule has 0 bridgehead atoms. The summed E-state index contributed by atoms with van der Waals surface area (Å²) in [5.74, 6) is 0.618. The number of nitrogens with zero attached hydrogens (tertiary/aromatic N) is 1. The summed E-state index contributed by atoms with van der Waals surface area (Å²) in [4.78, 5) is 2.32. The number of halogens is 3. The Morgan fingerprint density at radius 3 is 2.16 bits per heavy atom. The zero-order valence-corrected chi connectivity index (χ0v) is 17.3. The predicted octanol–water partition coefficient (Wildman–Crippen LogP) is 4.94. The van der Waals surface area contributed by atoms with Crippen molar-refractivity contribution in [2.24, 2.45) is 0 Å². The van der Waals surface area contributed by atoms with Crippen molar-refractivity contribution in [1.82, 2.24) is 0 Å². The molecule has 2 atom stereocenters. The van der Waals surface area contributed by atoms with Gasteiger partial charge in [0.25, 0.3) is 0 Å². The molecule has 0 N–H and O–H groups in total. The van der Waals surface area contributed by atoms with Gasteiger partial charge in [0.15, 0.2) is 0 Å². The Balaban J connectivity index is 1.18. The van der Waals surface area contributed by atoms with Crippen LogP contribution in [0.1, 0.15) is 25.3 Å². The highest BCUT2D eigenvalue weighted by atomic mass is 19.4. The second-order valence-electron chi connectivity index (χ2n) is 7.87. The molecule has 2 fully saturated rings. The number of hydrogen-bond acceptors (Lipinski definition) is 5. The maximum absolute atomic E-state index is 12.2. The Hall–Kier alpha value is -2.45. The van der Waals surface area contributed by atoms with Gasteiger partial charge in [0.05, 0.1) is 18.8 Å². The van der Waals surface area contributed by atoms with E-state index in [1.807, 2.05) is 19.1 Å². The van der Waals surface area contributed by atoms with Crippen molar-refractivity contribution in [3.05, 3.63) is 54.1 Å². The van der Waals surface area contributed by atoms with Crippen molar-refractivity contribution in [1.29, 1.82) is 0 Å². The second-order valence-corrected chi connectivity index (χ2v) is 7.87. The van der Waals surface area contributed by atoms with Crippen LogP contribution in [-0.4, -0.2) is 44.4 Å². The molecule has 0 amide bonds. The highest BCUT2D eigenvalue weighted by Crippen LogP contribution is 2.27. The number of rotatable bonds is 8. The fourth-order valence-corrected chi connectivity index (χ4v) is 3.62. The molecular formula is C23H26F3NO4. The molecule has 0 radical (unpaired) electrons. The summed E-state index contributed by atoms with van der Waals surface area (Å²) < 4.78 is 57.6. The van der Waals surface area contributed by atoms with Crippen molar-refractivity contribution in [2.45, 2.75) is 51.0 Å². The number of ether oxygens (including phenoxy) is 4. The topological polar surface area (TPSA) is 43.5 Å². The van der Waals surface area contributed by atoms with Gasteiger partial charge in [0.2, 0.25) is 0 Å².